The van der Waals surface area contributed by atoms with E-state index < -0.39 is 21.7 Å². The number of para-hydroxylation sites is 1. The molecule has 7 nitrogen and oxygen atoms in total. The van der Waals surface area contributed by atoms with Crippen molar-refractivity contribution >= 4 is 53.4 Å². The maximum Gasteiger partial charge on any atom is 0.268 e. The Balaban J connectivity index is 1.57. The normalized spacial score (nSPS) is 11.7. The van der Waals surface area contributed by atoms with Crippen LogP contribution in [0.1, 0.15) is 5.56 Å². The third-order valence-electron chi connectivity index (χ3n) is 6.45. The molecule has 4 aromatic carbocycles. The first-order valence-electron chi connectivity index (χ1n) is 11.9. The van der Waals surface area contributed by atoms with Crippen molar-refractivity contribution in [2.75, 3.05) is 0 Å². The molecule has 0 aliphatic carbocycles. The molecular weight excluding hydrogens is 602 g/mol. The minimum Gasteiger partial charge on any atom is -0.455 e. The third-order valence-corrected chi connectivity index (χ3v) is 8.74. The molecular formula is C29H17BrF2N4O3S. The van der Waals surface area contributed by atoms with Crippen LogP contribution in [0.15, 0.2) is 101 Å². The zero-order chi connectivity index (χ0) is 28.0. The van der Waals surface area contributed by atoms with Crippen molar-refractivity contribution in [1.82, 2.24) is 13.8 Å². The molecule has 40 heavy (non-hydrogen) atoms. The Hall–Kier alpha value is -4.53. The van der Waals surface area contributed by atoms with Gasteiger partial charge in [0.2, 0.25) is 5.69 Å². The Morgan fingerprint density at radius 3 is 2.42 bits per heavy atom. The summed E-state index contributed by atoms with van der Waals surface area (Å²) < 4.78 is 66.0. The second-order valence-corrected chi connectivity index (χ2v) is 11.4. The second kappa shape index (κ2) is 9.89. The van der Waals surface area contributed by atoms with Crippen LogP contribution in [0, 0.1) is 18.2 Å². The summed E-state index contributed by atoms with van der Waals surface area (Å²) in [5.41, 5.74) is 0.903. The fourth-order valence-corrected chi connectivity index (χ4v) is 6.46. The topological polar surface area (TPSA) is 70.5 Å². The first-order chi connectivity index (χ1) is 19.3. The summed E-state index contributed by atoms with van der Waals surface area (Å²) in [7, 11) is -4.04. The van der Waals surface area contributed by atoms with Gasteiger partial charge in [-0.1, -0.05) is 36.4 Å². The molecule has 198 valence electrons. The van der Waals surface area contributed by atoms with E-state index in [1.54, 1.807) is 28.9 Å². The summed E-state index contributed by atoms with van der Waals surface area (Å²) in [5, 5.41) is 5.80. The molecule has 11 heteroatoms. The lowest BCUT2D eigenvalue weighted by molar-refractivity contribution is 0.434. The Labute approximate surface area is 235 Å². The maximum absolute atomic E-state index is 15.9. The smallest absolute Gasteiger partial charge is 0.268 e. The molecule has 6 rings (SSSR count). The van der Waals surface area contributed by atoms with Crippen molar-refractivity contribution in [2.24, 2.45) is 0 Å². The van der Waals surface area contributed by atoms with Crippen LogP contribution in [0.4, 0.5) is 14.5 Å². The van der Waals surface area contributed by atoms with E-state index in [9.17, 15) is 12.8 Å². The van der Waals surface area contributed by atoms with Gasteiger partial charge in [0.1, 0.15) is 16.2 Å². The summed E-state index contributed by atoms with van der Waals surface area (Å²) in [4.78, 5) is 3.19. The summed E-state index contributed by atoms with van der Waals surface area (Å²) in [6.07, 6.45) is 1.37. The SMILES string of the molecule is [C-]#[N+]c1cc(Oc2c(F)cc3c(ccn3S(=O)(=O)c3ccccc3)c2Cn2nc(Br)c3ccccc32)ccc1F. The highest BCUT2D eigenvalue weighted by molar-refractivity contribution is 9.10. The predicted molar refractivity (Wildman–Crippen MR) is 150 cm³/mol. The van der Waals surface area contributed by atoms with Gasteiger partial charge in [-0.3, -0.25) is 4.68 Å². The van der Waals surface area contributed by atoms with Crippen molar-refractivity contribution < 1.29 is 21.9 Å². The number of aromatic nitrogens is 3. The Morgan fingerprint density at radius 1 is 0.900 bits per heavy atom. The van der Waals surface area contributed by atoms with E-state index in [2.05, 4.69) is 25.9 Å². The first-order valence-corrected chi connectivity index (χ1v) is 14.1. The number of halogens is 3. The molecule has 0 bridgehead atoms. The van der Waals surface area contributed by atoms with Gasteiger partial charge in [0.15, 0.2) is 11.6 Å². The molecule has 2 aromatic heterocycles. The molecule has 0 radical (unpaired) electrons. The van der Waals surface area contributed by atoms with Gasteiger partial charge in [0.05, 0.1) is 29.0 Å². The van der Waals surface area contributed by atoms with E-state index in [0.29, 0.717) is 15.6 Å². The molecule has 2 heterocycles. The highest BCUT2D eigenvalue weighted by Crippen LogP contribution is 2.38. The van der Waals surface area contributed by atoms with E-state index in [1.807, 2.05) is 24.3 Å². The fraction of sp³-hybridized carbons (Fsp3) is 0.0345. The van der Waals surface area contributed by atoms with Crippen LogP contribution in [0.25, 0.3) is 26.7 Å². The monoisotopic (exact) mass is 618 g/mol. The van der Waals surface area contributed by atoms with Gasteiger partial charge < -0.3 is 4.74 Å². The lowest BCUT2D eigenvalue weighted by Crippen LogP contribution is -2.12. The number of hydrogen-bond donors (Lipinski definition) is 0. The van der Waals surface area contributed by atoms with E-state index in [0.717, 1.165) is 27.0 Å². The maximum atomic E-state index is 15.9. The van der Waals surface area contributed by atoms with E-state index in [1.165, 1.54) is 30.5 Å². The van der Waals surface area contributed by atoms with E-state index >= 15 is 4.39 Å². The van der Waals surface area contributed by atoms with Crippen LogP contribution < -0.4 is 4.74 Å². The van der Waals surface area contributed by atoms with Gasteiger partial charge in [-0.25, -0.2) is 26.0 Å². The largest absolute Gasteiger partial charge is 0.455 e. The summed E-state index contributed by atoms with van der Waals surface area (Å²) in [6.45, 7) is 7.21. The van der Waals surface area contributed by atoms with Crippen molar-refractivity contribution in [3.05, 3.63) is 124 Å². The van der Waals surface area contributed by atoms with Gasteiger partial charge >= 0.3 is 0 Å². The van der Waals surface area contributed by atoms with E-state index in [4.69, 9.17) is 11.3 Å². The predicted octanol–water partition coefficient (Wildman–Crippen LogP) is 7.66. The fourth-order valence-electron chi connectivity index (χ4n) is 4.57. The molecule has 0 spiro atoms. The number of nitrogens with zero attached hydrogens (tertiary/aromatic N) is 4. The van der Waals surface area contributed by atoms with Crippen LogP contribution in [0.2, 0.25) is 0 Å². The number of benzene rings is 4. The van der Waals surface area contributed by atoms with Crippen LogP contribution in [0.5, 0.6) is 11.5 Å². The van der Waals surface area contributed by atoms with Crippen molar-refractivity contribution in [3.63, 3.8) is 0 Å². The van der Waals surface area contributed by atoms with Crippen LogP contribution in [-0.4, -0.2) is 22.2 Å². The molecule has 0 aliphatic heterocycles. The number of ether oxygens (including phenoxy) is 1. The zero-order valence-electron chi connectivity index (χ0n) is 20.4. The van der Waals surface area contributed by atoms with E-state index in [-0.39, 0.29) is 34.1 Å². The van der Waals surface area contributed by atoms with Crippen molar-refractivity contribution in [3.8, 4) is 11.5 Å². The summed E-state index contributed by atoms with van der Waals surface area (Å²) >= 11 is 3.46. The summed E-state index contributed by atoms with van der Waals surface area (Å²) in [5.74, 6) is -1.71. The standard InChI is InChI=1S/C29H17BrF2N4O3S/c1-33-25-15-18(11-12-23(25)31)39-28-22(17-35-26-10-6-5-9-21(26)29(30)34-35)20-13-14-36(27(20)16-24(28)32)40(37,38)19-7-3-2-4-8-19/h2-16H,17H2. The van der Waals surface area contributed by atoms with Crippen molar-refractivity contribution in [2.45, 2.75) is 11.4 Å². The molecule has 0 fully saturated rings. The van der Waals surface area contributed by atoms with Gasteiger partial charge in [0, 0.05) is 28.6 Å². The quantitative estimate of drug-likeness (QED) is 0.180. The zero-order valence-corrected chi connectivity index (χ0v) is 22.8. The van der Waals surface area contributed by atoms with Crippen LogP contribution in [0.3, 0.4) is 0 Å². The van der Waals surface area contributed by atoms with Gasteiger partial charge in [-0.05, 0) is 58.4 Å². The second-order valence-electron chi connectivity index (χ2n) is 8.82. The Kier molecular flexibility index (Phi) is 6.37. The molecule has 0 atom stereocenters. The molecule has 0 saturated carbocycles. The first kappa shape index (κ1) is 25.7. The minimum atomic E-state index is -4.04. The number of hydrogen-bond acceptors (Lipinski definition) is 4. The lowest BCUT2D eigenvalue weighted by atomic mass is 10.1. The average Bonchev–Trinajstić information content (AvgIpc) is 3.53. The molecule has 0 N–H and O–H groups in total. The van der Waals surface area contributed by atoms with Crippen molar-refractivity contribution in [1.29, 1.82) is 0 Å². The highest BCUT2D eigenvalue weighted by atomic mass is 79.9. The average molecular weight is 619 g/mol. The van der Waals surface area contributed by atoms with Gasteiger partial charge in [0.25, 0.3) is 10.0 Å². The third kappa shape index (κ3) is 4.31. The van der Waals surface area contributed by atoms with Crippen LogP contribution >= 0.6 is 15.9 Å². The minimum absolute atomic E-state index is 0.0158. The van der Waals surface area contributed by atoms with Crippen LogP contribution in [-0.2, 0) is 16.6 Å². The molecule has 0 amide bonds. The number of fused-ring (bicyclic) bond motifs is 2. The number of rotatable bonds is 6. The molecule has 0 unspecified atom stereocenters. The van der Waals surface area contributed by atoms with Gasteiger partial charge in [-0.15, -0.1) is 0 Å². The highest BCUT2D eigenvalue weighted by Gasteiger charge is 2.25. The molecule has 0 saturated heterocycles. The Bertz CT molecular complexity index is 2080. The van der Waals surface area contributed by atoms with Gasteiger partial charge in [-0.2, -0.15) is 5.10 Å². The molecule has 6 aromatic rings. The molecule has 0 aliphatic rings. The lowest BCUT2D eigenvalue weighted by Gasteiger charge is -2.16. The summed E-state index contributed by atoms with van der Waals surface area (Å²) in [6, 6.07) is 21.5. The Morgan fingerprint density at radius 2 is 1.65 bits per heavy atom.